The number of Topliss-reactive ketones (excluding diaryl/α,β-unsaturated/α-hetero) is 1. The van der Waals surface area contributed by atoms with Crippen LogP contribution in [0.4, 0.5) is 8.78 Å². The van der Waals surface area contributed by atoms with Crippen molar-refractivity contribution in [2.24, 2.45) is 17.8 Å². The molecule has 0 radical (unpaired) electrons. The van der Waals surface area contributed by atoms with Gasteiger partial charge in [0.1, 0.15) is 17.8 Å². The van der Waals surface area contributed by atoms with Gasteiger partial charge in [0.25, 0.3) is 0 Å². The molecule has 1 N–H and O–H groups in total. The Bertz CT molecular complexity index is 697. The summed E-state index contributed by atoms with van der Waals surface area (Å²) in [6.07, 6.45) is 2.73. The van der Waals surface area contributed by atoms with Crippen molar-refractivity contribution in [1.82, 2.24) is 4.90 Å². The summed E-state index contributed by atoms with van der Waals surface area (Å²) in [5.41, 5.74) is -0.300. The highest BCUT2D eigenvalue weighted by Crippen LogP contribution is 2.51. The number of carbonyl (C=O) groups excluding carboxylic acids is 1. The number of alkyl halides is 2. The fourth-order valence-corrected chi connectivity index (χ4v) is 6.46. The number of morpholine rings is 1. The van der Waals surface area contributed by atoms with Crippen molar-refractivity contribution in [2.45, 2.75) is 81.6 Å². The van der Waals surface area contributed by atoms with Crippen molar-refractivity contribution in [3.05, 3.63) is 11.8 Å². The van der Waals surface area contributed by atoms with E-state index in [9.17, 15) is 23.5 Å². The van der Waals surface area contributed by atoms with E-state index < -0.39 is 42.2 Å². The van der Waals surface area contributed by atoms with Crippen LogP contribution in [0.1, 0.15) is 44.9 Å². The zero-order chi connectivity index (χ0) is 18.9. The minimum atomic E-state index is -1.79. The number of ketones is 1. The lowest BCUT2D eigenvalue weighted by molar-refractivity contribution is -0.231. The fraction of sp³-hybridized carbons (Fsp3) is 0.800. The van der Waals surface area contributed by atoms with Gasteiger partial charge in [-0.3, -0.25) is 4.79 Å². The summed E-state index contributed by atoms with van der Waals surface area (Å²) in [4.78, 5) is 26.2. The molecule has 7 heteroatoms. The predicted molar refractivity (Wildman–Crippen MR) is 91.4 cm³/mol. The van der Waals surface area contributed by atoms with Crippen molar-refractivity contribution in [3.8, 4) is 0 Å². The Morgan fingerprint density at radius 2 is 1.93 bits per heavy atom. The van der Waals surface area contributed by atoms with Crippen molar-refractivity contribution < 1.29 is 28.2 Å². The number of hydrogen-bond acceptors (Lipinski definition) is 4. The van der Waals surface area contributed by atoms with Crippen molar-refractivity contribution in [1.29, 1.82) is 0 Å². The normalized spacial score (nSPS) is 48.8. The van der Waals surface area contributed by atoms with E-state index in [-0.39, 0.29) is 24.1 Å². The van der Waals surface area contributed by atoms with Crippen LogP contribution in [0.5, 0.6) is 0 Å². The first-order valence-electron chi connectivity index (χ1n) is 10.2. The topological polar surface area (TPSA) is 66.8 Å². The number of rotatable bonds is 1. The average molecular weight is 381 g/mol. The smallest absolute Gasteiger partial charge is 0.340 e. The van der Waals surface area contributed by atoms with Gasteiger partial charge in [0.05, 0.1) is 18.2 Å². The quantitative estimate of drug-likeness (QED) is 0.708. The second-order valence-corrected chi connectivity index (χ2v) is 8.87. The van der Waals surface area contributed by atoms with E-state index in [0.717, 1.165) is 32.1 Å². The van der Waals surface area contributed by atoms with Gasteiger partial charge in [-0.25, -0.2) is 13.6 Å². The molecule has 5 nitrogen and oxygen atoms in total. The minimum absolute atomic E-state index is 0.0566. The molecule has 9 unspecified atom stereocenters. The molecule has 0 bridgehead atoms. The number of carbonyl (C=O) groups is 2. The van der Waals surface area contributed by atoms with E-state index in [1.807, 2.05) is 4.90 Å². The molecule has 148 valence electrons. The molecule has 3 aliphatic carbocycles. The number of carboxylic acids is 1. The number of nitrogens with zero attached hydrogens (tertiary/aromatic N) is 1. The van der Waals surface area contributed by atoms with Gasteiger partial charge in [0, 0.05) is 12.1 Å². The highest BCUT2D eigenvalue weighted by atomic mass is 19.2. The molecular formula is C20H25F2NO4. The van der Waals surface area contributed by atoms with Gasteiger partial charge >= 0.3 is 5.97 Å². The van der Waals surface area contributed by atoms with Crippen molar-refractivity contribution >= 4 is 11.8 Å². The predicted octanol–water partition coefficient (Wildman–Crippen LogP) is 2.64. The third-order valence-electron chi connectivity index (χ3n) is 7.64. The van der Waals surface area contributed by atoms with Gasteiger partial charge in [-0.2, -0.15) is 0 Å². The summed E-state index contributed by atoms with van der Waals surface area (Å²) in [6, 6.07) is -0.650. The van der Waals surface area contributed by atoms with E-state index in [0.29, 0.717) is 11.8 Å². The second kappa shape index (κ2) is 6.26. The zero-order valence-corrected chi connectivity index (χ0v) is 15.1. The van der Waals surface area contributed by atoms with E-state index in [4.69, 9.17) is 4.74 Å². The maximum absolute atomic E-state index is 14.8. The van der Waals surface area contributed by atoms with Crippen LogP contribution in [0, 0.1) is 17.8 Å². The van der Waals surface area contributed by atoms with Gasteiger partial charge in [-0.1, -0.05) is 19.3 Å². The van der Waals surface area contributed by atoms with Gasteiger partial charge in [0.2, 0.25) is 0 Å². The third-order valence-corrected chi connectivity index (χ3v) is 7.64. The minimum Gasteiger partial charge on any atom is -0.478 e. The molecule has 27 heavy (non-hydrogen) atoms. The van der Waals surface area contributed by atoms with Gasteiger partial charge < -0.3 is 14.7 Å². The molecule has 0 amide bonds. The number of carboxylic acid groups (broad SMARTS) is 1. The summed E-state index contributed by atoms with van der Waals surface area (Å²) in [6.45, 7) is 0. The molecule has 2 aliphatic heterocycles. The highest BCUT2D eigenvalue weighted by Gasteiger charge is 2.60. The zero-order valence-electron chi connectivity index (χ0n) is 15.1. The summed E-state index contributed by atoms with van der Waals surface area (Å²) < 4.78 is 35.5. The van der Waals surface area contributed by atoms with Gasteiger partial charge in [-0.05, 0) is 37.5 Å². The maximum Gasteiger partial charge on any atom is 0.340 e. The molecule has 3 saturated carbocycles. The lowest BCUT2D eigenvalue weighted by atomic mass is 9.64. The van der Waals surface area contributed by atoms with Crippen LogP contribution < -0.4 is 0 Å². The van der Waals surface area contributed by atoms with Crippen molar-refractivity contribution in [2.75, 3.05) is 0 Å². The summed E-state index contributed by atoms with van der Waals surface area (Å²) in [5.74, 6) is -1.87. The summed E-state index contributed by atoms with van der Waals surface area (Å²) in [7, 11) is 0. The van der Waals surface area contributed by atoms with E-state index >= 15 is 0 Å². The van der Waals surface area contributed by atoms with E-state index in [1.165, 1.54) is 12.6 Å². The molecule has 0 aromatic heterocycles. The number of ether oxygens (including phenoxy) is 1. The number of hydrogen-bond donors (Lipinski definition) is 1. The molecule has 4 fully saturated rings. The molecule has 5 rings (SSSR count). The fourth-order valence-electron chi connectivity index (χ4n) is 6.46. The average Bonchev–Trinajstić information content (AvgIpc) is 2.67. The van der Waals surface area contributed by atoms with Crippen LogP contribution >= 0.6 is 0 Å². The summed E-state index contributed by atoms with van der Waals surface area (Å²) >= 11 is 0. The molecule has 0 spiro atoms. The molecule has 5 aliphatic rings. The third kappa shape index (κ3) is 2.50. The lowest BCUT2D eigenvalue weighted by Gasteiger charge is -2.60. The number of aliphatic carboxylic acids is 1. The Morgan fingerprint density at radius 1 is 1.15 bits per heavy atom. The SMILES string of the molecule is O=C(O)C1=CN2C3CCC4CCCCC4C3OC3C(F)C(F)CC(C1=O)C32. The second-order valence-electron chi connectivity index (χ2n) is 8.87. The van der Waals surface area contributed by atoms with Crippen LogP contribution in [0.2, 0.25) is 0 Å². The first kappa shape index (κ1) is 17.6. The van der Waals surface area contributed by atoms with Crippen LogP contribution in [0.3, 0.4) is 0 Å². The van der Waals surface area contributed by atoms with Crippen molar-refractivity contribution in [3.63, 3.8) is 0 Å². The first-order chi connectivity index (χ1) is 13.0. The first-order valence-corrected chi connectivity index (χ1v) is 10.2. The Morgan fingerprint density at radius 3 is 2.70 bits per heavy atom. The Kier molecular flexibility index (Phi) is 4.08. The molecule has 1 saturated heterocycles. The Labute approximate surface area is 156 Å². The molecule has 0 aromatic rings. The molecule has 9 atom stereocenters. The lowest BCUT2D eigenvalue weighted by Crippen LogP contribution is -2.71. The maximum atomic E-state index is 14.8. The monoisotopic (exact) mass is 381 g/mol. The standard InChI is InChI=1S/C20H25F2NO4/c21-13-7-11-16-19(15(13)22)27-18-10-4-2-1-3-9(10)5-6-14(18)23(16)8-12(17(11)24)20(25)26/h8-11,13-16,18-19H,1-7H2,(H,25,26). The Hall–Kier alpha value is -1.50. The van der Waals surface area contributed by atoms with Crippen LogP contribution in [-0.2, 0) is 14.3 Å². The highest BCUT2D eigenvalue weighted by molar-refractivity contribution is 6.18. The molecule has 0 aromatic carbocycles. The Balaban J connectivity index is 1.57. The number of fused-ring (bicyclic) bond motifs is 4. The van der Waals surface area contributed by atoms with Crippen LogP contribution in [0.25, 0.3) is 0 Å². The van der Waals surface area contributed by atoms with Crippen LogP contribution in [-0.4, -0.2) is 58.4 Å². The van der Waals surface area contributed by atoms with E-state index in [1.54, 1.807) is 0 Å². The molecule has 2 heterocycles. The number of halogens is 2. The van der Waals surface area contributed by atoms with Crippen LogP contribution in [0.15, 0.2) is 11.8 Å². The largest absolute Gasteiger partial charge is 0.478 e. The van der Waals surface area contributed by atoms with E-state index in [2.05, 4.69) is 0 Å². The van der Waals surface area contributed by atoms with Gasteiger partial charge in [0.15, 0.2) is 12.0 Å². The van der Waals surface area contributed by atoms with Gasteiger partial charge in [-0.15, -0.1) is 0 Å². The summed E-state index contributed by atoms with van der Waals surface area (Å²) in [5, 5.41) is 9.48. The molecular weight excluding hydrogens is 356 g/mol.